The van der Waals surface area contributed by atoms with Crippen LogP contribution in [-0.2, 0) is 5.75 Å². The number of rotatable bonds is 4. The van der Waals surface area contributed by atoms with Gasteiger partial charge < -0.3 is 0 Å². The smallest absolute Gasteiger partial charge is 0.175 e. The highest BCUT2D eigenvalue weighted by atomic mass is 32.2. The summed E-state index contributed by atoms with van der Waals surface area (Å²) in [5, 5.41) is 13.8. The van der Waals surface area contributed by atoms with Crippen LogP contribution >= 0.6 is 11.8 Å². The van der Waals surface area contributed by atoms with Gasteiger partial charge in [0.05, 0.1) is 5.69 Å². The Balaban J connectivity index is 1.71. The van der Waals surface area contributed by atoms with Gasteiger partial charge >= 0.3 is 0 Å². The second kappa shape index (κ2) is 6.05. The van der Waals surface area contributed by atoms with E-state index in [4.69, 9.17) is 0 Å². The minimum Gasteiger partial charge on any atom is -0.264 e. The Labute approximate surface area is 127 Å². The standard InChI is InChI=1S/C15H15N5S/c1-11-8-12(2)20(19-11)14-5-6-15(18-17-14)21-10-13-4-3-7-16-9-13/h3-9H,10H2,1-2H3. The molecule has 0 radical (unpaired) electrons. The van der Waals surface area contributed by atoms with E-state index in [1.54, 1.807) is 22.6 Å². The highest BCUT2D eigenvalue weighted by Crippen LogP contribution is 2.20. The number of hydrogen-bond acceptors (Lipinski definition) is 5. The van der Waals surface area contributed by atoms with Crippen LogP contribution in [0.4, 0.5) is 0 Å². The van der Waals surface area contributed by atoms with Gasteiger partial charge in [0.2, 0.25) is 0 Å². The molecule has 0 N–H and O–H groups in total. The van der Waals surface area contributed by atoms with Crippen LogP contribution in [0.5, 0.6) is 0 Å². The van der Waals surface area contributed by atoms with Crippen LogP contribution in [0.2, 0.25) is 0 Å². The van der Waals surface area contributed by atoms with Crippen LogP contribution in [0, 0.1) is 13.8 Å². The first-order valence-electron chi connectivity index (χ1n) is 6.61. The molecule has 0 amide bonds. The van der Waals surface area contributed by atoms with Gasteiger partial charge in [-0.15, -0.1) is 10.2 Å². The van der Waals surface area contributed by atoms with Crippen LogP contribution < -0.4 is 0 Å². The maximum Gasteiger partial charge on any atom is 0.175 e. The van der Waals surface area contributed by atoms with Gasteiger partial charge in [0.15, 0.2) is 5.82 Å². The van der Waals surface area contributed by atoms with Crippen LogP contribution in [0.15, 0.2) is 47.8 Å². The minimum atomic E-state index is 0.742. The zero-order valence-corrected chi connectivity index (χ0v) is 12.7. The van der Waals surface area contributed by atoms with Crippen LogP contribution in [0.3, 0.4) is 0 Å². The molecule has 106 valence electrons. The van der Waals surface area contributed by atoms with Gasteiger partial charge in [-0.1, -0.05) is 17.8 Å². The number of nitrogens with zero attached hydrogens (tertiary/aromatic N) is 5. The molecular formula is C15H15N5S. The SMILES string of the molecule is Cc1cc(C)n(-c2ccc(SCc3cccnc3)nn2)n1. The average molecular weight is 297 g/mol. The molecule has 0 aliphatic rings. The van der Waals surface area contributed by atoms with Crippen molar-refractivity contribution in [3.63, 3.8) is 0 Å². The van der Waals surface area contributed by atoms with Gasteiger partial charge in [-0.2, -0.15) is 5.10 Å². The molecule has 6 heteroatoms. The quantitative estimate of drug-likeness (QED) is 0.693. The van der Waals surface area contributed by atoms with Crippen molar-refractivity contribution in [1.82, 2.24) is 25.0 Å². The van der Waals surface area contributed by atoms with Crippen LogP contribution in [-0.4, -0.2) is 25.0 Å². The Kier molecular flexibility index (Phi) is 3.96. The first-order valence-corrected chi connectivity index (χ1v) is 7.60. The van der Waals surface area contributed by atoms with Crippen molar-refractivity contribution in [1.29, 1.82) is 0 Å². The van der Waals surface area contributed by atoms with Crippen molar-refractivity contribution in [3.05, 3.63) is 59.7 Å². The van der Waals surface area contributed by atoms with E-state index >= 15 is 0 Å². The lowest BCUT2D eigenvalue weighted by molar-refractivity contribution is 0.765. The van der Waals surface area contributed by atoms with Crippen molar-refractivity contribution >= 4 is 11.8 Å². The molecule has 3 aromatic rings. The summed E-state index contributed by atoms with van der Waals surface area (Å²) < 4.78 is 1.80. The fraction of sp³-hybridized carbons (Fsp3) is 0.200. The monoisotopic (exact) mass is 297 g/mol. The maximum atomic E-state index is 4.40. The highest BCUT2D eigenvalue weighted by molar-refractivity contribution is 7.98. The third kappa shape index (κ3) is 3.28. The molecule has 0 aliphatic carbocycles. The summed E-state index contributed by atoms with van der Waals surface area (Å²) in [5.41, 5.74) is 3.20. The van der Waals surface area contributed by atoms with E-state index in [-0.39, 0.29) is 0 Å². The van der Waals surface area contributed by atoms with Gasteiger partial charge in [0.1, 0.15) is 5.03 Å². The van der Waals surface area contributed by atoms with E-state index in [0.29, 0.717) is 0 Å². The predicted molar refractivity (Wildman–Crippen MR) is 82.4 cm³/mol. The Morgan fingerprint density at radius 3 is 2.67 bits per heavy atom. The highest BCUT2D eigenvalue weighted by Gasteiger charge is 2.06. The number of aromatic nitrogens is 5. The molecule has 0 atom stereocenters. The molecule has 0 aromatic carbocycles. The largest absolute Gasteiger partial charge is 0.264 e. The molecule has 3 aromatic heterocycles. The molecule has 0 saturated carbocycles. The van der Waals surface area contributed by atoms with Gasteiger partial charge in [0, 0.05) is 23.8 Å². The van der Waals surface area contributed by atoms with Crippen molar-refractivity contribution in [2.75, 3.05) is 0 Å². The van der Waals surface area contributed by atoms with Crippen molar-refractivity contribution < 1.29 is 0 Å². The molecule has 0 unspecified atom stereocenters. The molecule has 3 rings (SSSR count). The van der Waals surface area contributed by atoms with E-state index < -0.39 is 0 Å². The molecule has 0 spiro atoms. The Hall–Kier alpha value is -2.21. The normalized spacial score (nSPS) is 10.8. The number of thioether (sulfide) groups is 1. The van der Waals surface area contributed by atoms with E-state index in [1.807, 2.05) is 44.3 Å². The van der Waals surface area contributed by atoms with Crippen LogP contribution in [0.1, 0.15) is 17.0 Å². The lowest BCUT2D eigenvalue weighted by Crippen LogP contribution is -2.03. The summed E-state index contributed by atoms with van der Waals surface area (Å²) in [6, 6.07) is 9.93. The molecule has 0 fully saturated rings. The van der Waals surface area contributed by atoms with E-state index in [1.165, 1.54) is 5.56 Å². The molecule has 3 heterocycles. The lowest BCUT2D eigenvalue weighted by Gasteiger charge is -2.04. The molecule has 0 aliphatic heterocycles. The Bertz CT molecular complexity index is 722. The molecule has 21 heavy (non-hydrogen) atoms. The van der Waals surface area contributed by atoms with Crippen molar-refractivity contribution in [3.8, 4) is 5.82 Å². The predicted octanol–water partition coefficient (Wildman–Crippen LogP) is 2.97. The summed E-state index contributed by atoms with van der Waals surface area (Å²) in [4.78, 5) is 4.10. The fourth-order valence-electron chi connectivity index (χ4n) is 2.00. The van der Waals surface area contributed by atoms with Gasteiger partial charge in [0.25, 0.3) is 0 Å². The summed E-state index contributed by atoms with van der Waals surface area (Å²) in [5.74, 6) is 1.58. The van der Waals surface area contributed by atoms with Crippen molar-refractivity contribution in [2.45, 2.75) is 24.6 Å². The molecular weight excluding hydrogens is 282 g/mol. The van der Waals surface area contributed by atoms with Crippen LogP contribution in [0.25, 0.3) is 5.82 Å². The lowest BCUT2D eigenvalue weighted by atomic mass is 10.3. The second-order valence-electron chi connectivity index (χ2n) is 4.72. The Morgan fingerprint density at radius 1 is 1.14 bits per heavy atom. The molecule has 0 saturated heterocycles. The summed E-state index contributed by atoms with van der Waals surface area (Å²) in [6.45, 7) is 3.97. The average Bonchev–Trinajstić information content (AvgIpc) is 2.85. The van der Waals surface area contributed by atoms with Crippen molar-refractivity contribution in [2.24, 2.45) is 0 Å². The minimum absolute atomic E-state index is 0.742. The topological polar surface area (TPSA) is 56.5 Å². The third-order valence-electron chi connectivity index (χ3n) is 2.96. The first-order chi connectivity index (χ1) is 10.2. The zero-order valence-electron chi connectivity index (χ0n) is 11.9. The Morgan fingerprint density at radius 2 is 2.05 bits per heavy atom. The first kappa shape index (κ1) is 13.8. The number of pyridine rings is 1. The summed E-state index contributed by atoms with van der Waals surface area (Å²) in [7, 11) is 0. The third-order valence-corrected chi connectivity index (χ3v) is 3.95. The van der Waals surface area contributed by atoms with E-state index in [2.05, 4.69) is 26.3 Å². The summed E-state index contributed by atoms with van der Waals surface area (Å²) in [6.07, 6.45) is 3.64. The number of hydrogen-bond donors (Lipinski definition) is 0. The number of aryl methyl sites for hydroxylation is 2. The van der Waals surface area contributed by atoms with Gasteiger partial charge in [-0.25, -0.2) is 4.68 Å². The molecule has 5 nitrogen and oxygen atoms in total. The molecule has 0 bridgehead atoms. The van der Waals surface area contributed by atoms with Gasteiger partial charge in [-0.3, -0.25) is 4.98 Å². The zero-order chi connectivity index (χ0) is 14.7. The fourth-order valence-corrected chi connectivity index (χ4v) is 2.75. The van der Waals surface area contributed by atoms with E-state index in [0.717, 1.165) is 28.0 Å². The van der Waals surface area contributed by atoms with Gasteiger partial charge in [-0.05, 0) is 43.7 Å². The maximum absolute atomic E-state index is 4.40. The summed E-state index contributed by atoms with van der Waals surface area (Å²) >= 11 is 1.64. The second-order valence-corrected chi connectivity index (χ2v) is 5.71. The van der Waals surface area contributed by atoms with E-state index in [9.17, 15) is 0 Å².